The van der Waals surface area contributed by atoms with Crippen LogP contribution < -0.4 is 5.73 Å². The Morgan fingerprint density at radius 2 is 2.27 bits per heavy atom. The number of hydrogen-bond acceptors (Lipinski definition) is 3. The van der Waals surface area contributed by atoms with Crippen LogP contribution in [-0.4, -0.2) is 4.98 Å². The molecule has 0 aliphatic heterocycles. The molecule has 0 aliphatic rings. The molecule has 2 nitrogen and oxygen atoms in total. The normalized spacial score (nSPS) is 10.6. The van der Waals surface area contributed by atoms with Gasteiger partial charge >= 0.3 is 0 Å². The van der Waals surface area contributed by atoms with Crippen LogP contribution in [0.15, 0.2) is 24.3 Å². The van der Waals surface area contributed by atoms with E-state index >= 15 is 0 Å². The van der Waals surface area contributed by atoms with E-state index in [0.29, 0.717) is 6.54 Å². The fourth-order valence-electron chi connectivity index (χ4n) is 1.32. The smallest absolute Gasteiger partial charge is 0.154 e. The molecule has 1 aromatic carbocycles. The van der Waals surface area contributed by atoms with E-state index in [2.05, 4.69) is 27.6 Å². The molecule has 0 atom stereocenters. The number of thiazole rings is 1. The van der Waals surface area contributed by atoms with Gasteiger partial charge in [-0.1, -0.05) is 12.1 Å². The van der Waals surface area contributed by atoms with Crippen LogP contribution in [0.4, 0.5) is 4.39 Å². The van der Waals surface area contributed by atoms with Crippen molar-refractivity contribution in [3.63, 3.8) is 0 Å². The van der Waals surface area contributed by atoms with Gasteiger partial charge in [-0.3, -0.25) is 0 Å². The summed E-state index contributed by atoms with van der Waals surface area (Å²) in [5.74, 6) is -0.237. The molecule has 0 saturated carbocycles. The van der Waals surface area contributed by atoms with E-state index in [1.165, 1.54) is 23.5 Å². The van der Waals surface area contributed by atoms with E-state index < -0.39 is 0 Å². The number of hydrogen-bond donors (Lipinski definition) is 1. The molecular weight excluding hydrogens is 326 g/mol. The number of nitrogens with two attached hydrogens (primary N) is 1. The maximum atomic E-state index is 13.0. The molecule has 2 N–H and O–H groups in total. The lowest BCUT2D eigenvalue weighted by Crippen LogP contribution is -1.98. The Bertz CT molecular complexity index is 484. The maximum absolute atomic E-state index is 13.0. The molecule has 0 bridgehead atoms. The largest absolute Gasteiger partial charge is 0.325 e. The monoisotopic (exact) mass is 334 g/mol. The van der Waals surface area contributed by atoms with Gasteiger partial charge in [0.05, 0.1) is 10.6 Å². The fourth-order valence-corrected chi connectivity index (χ4v) is 3.08. The van der Waals surface area contributed by atoms with Crippen molar-refractivity contribution in [1.82, 2.24) is 4.98 Å². The van der Waals surface area contributed by atoms with Crippen molar-refractivity contribution in [3.05, 3.63) is 38.8 Å². The number of rotatable bonds is 2. The maximum Gasteiger partial charge on any atom is 0.154 e. The summed E-state index contributed by atoms with van der Waals surface area (Å²) < 4.78 is 14.0. The van der Waals surface area contributed by atoms with Gasteiger partial charge in [0.2, 0.25) is 0 Å². The third-order valence-corrected chi connectivity index (χ3v) is 3.79. The molecule has 0 saturated heterocycles. The van der Waals surface area contributed by atoms with Crippen molar-refractivity contribution < 1.29 is 4.39 Å². The highest BCUT2D eigenvalue weighted by molar-refractivity contribution is 14.1. The summed E-state index contributed by atoms with van der Waals surface area (Å²) in [7, 11) is 0. The minimum absolute atomic E-state index is 0.237. The van der Waals surface area contributed by atoms with Crippen LogP contribution in [0.25, 0.3) is 10.4 Å². The van der Waals surface area contributed by atoms with Gasteiger partial charge in [0.25, 0.3) is 0 Å². The van der Waals surface area contributed by atoms with Gasteiger partial charge in [-0.05, 0) is 40.3 Å². The zero-order valence-corrected chi connectivity index (χ0v) is 10.7. The van der Waals surface area contributed by atoms with Crippen molar-refractivity contribution in [2.45, 2.75) is 6.54 Å². The first kappa shape index (κ1) is 11.0. The first-order chi connectivity index (χ1) is 7.20. The van der Waals surface area contributed by atoms with Gasteiger partial charge in [0.15, 0.2) is 3.01 Å². The third-order valence-electron chi connectivity index (χ3n) is 1.95. The Hall–Kier alpha value is -0.530. The van der Waals surface area contributed by atoms with E-state index in [1.807, 2.05) is 6.07 Å². The molecule has 78 valence electrons. The van der Waals surface area contributed by atoms with Crippen LogP contribution in [0.2, 0.25) is 0 Å². The van der Waals surface area contributed by atoms with E-state index in [1.54, 1.807) is 6.07 Å². The highest BCUT2D eigenvalue weighted by Crippen LogP contribution is 2.31. The molecule has 1 heterocycles. The highest BCUT2D eigenvalue weighted by Gasteiger charge is 2.10. The number of halogens is 2. The molecule has 0 unspecified atom stereocenters. The Labute approximate surface area is 104 Å². The molecule has 5 heteroatoms. The number of nitrogens with zero attached hydrogens (tertiary/aromatic N) is 1. The second-order valence-electron chi connectivity index (χ2n) is 2.96. The fraction of sp³-hybridized carbons (Fsp3) is 0.100. The quantitative estimate of drug-likeness (QED) is 0.858. The zero-order chi connectivity index (χ0) is 10.8. The molecule has 0 radical (unpaired) electrons. The Morgan fingerprint density at radius 1 is 1.47 bits per heavy atom. The van der Waals surface area contributed by atoms with Gasteiger partial charge in [-0.2, -0.15) is 0 Å². The first-order valence-electron chi connectivity index (χ1n) is 4.32. The van der Waals surface area contributed by atoms with Gasteiger partial charge in [-0.15, -0.1) is 11.3 Å². The Balaban J connectivity index is 2.53. The summed E-state index contributed by atoms with van der Waals surface area (Å²) in [6.45, 7) is 0.380. The van der Waals surface area contributed by atoms with Crippen molar-refractivity contribution in [2.75, 3.05) is 0 Å². The standard InChI is InChI=1S/C10H8FIN2S/c11-7-3-1-2-6(4-7)9-8(5-13)14-10(12)15-9/h1-4H,5,13H2. The molecule has 2 aromatic rings. The second-order valence-corrected chi connectivity index (χ2v) is 5.71. The predicted molar refractivity (Wildman–Crippen MR) is 68.1 cm³/mol. The van der Waals surface area contributed by atoms with Crippen molar-refractivity contribution >= 4 is 33.9 Å². The average molecular weight is 334 g/mol. The summed E-state index contributed by atoms with van der Waals surface area (Å²) in [4.78, 5) is 5.25. The molecule has 0 amide bonds. The lowest BCUT2D eigenvalue weighted by molar-refractivity contribution is 0.628. The van der Waals surface area contributed by atoms with Crippen LogP contribution in [0.5, 0.6) is 0 Å². The van der Waals surface area contributed by atoms with Crippen LogP contribution in [-0.2, 0) is 6.54 Å². The summed E-state index contributed by atoms with van der Waals surface area (Å²) in [5.41, 5.74) is 7.26. The molecule has 0 spiro atoms. The molecule has 0 aliphatic carbocycles. The SMILES string of the molecule is NCc1nc(I)sc1-c1cccc(F)c1. The third kappa shape index (κ3) is 2.35. The van der Waals surface area contributed by atoms with Crippen molar-refractivity contribution in [2.24, 2.45) is 5.73 Å². The van der Waals surface area contributed by atoms with Crippen LogP contribution >= 0.6 is 33.9 Å². The highest BCUT2D eigenvalue weighted by atomic mass is 127. The minimum atomic E-state index is -0.237. The first-order valence-corrected chi connectivity index (χ1v) is 6.21. The summed E-state index contributed by atoms with van der Waals surface area (Å²) >= 11 is 3.67. The second kappa shape index (κ2) is 4.54. The van der Waals surface area contributed by atoms with Gasteiger partial charge in [-0.25, -0.2) is 9.37 Å². The molecule has 0 fully saturated rings. The van der Waals surface area contributed by atoms with Crippen LogP contribution in [0, 0.1) is 8.83 Å². The topological polar surface area (TPSA) is 38.9 Å². The van der Waals surface area contributed by atoms with Gasteiger partial charge in [0.1, 0.15) is 5.82 Å². The number of benzene rings is 1. The van der Waals surface area contributed by atoms with E-state index in [-0.39, 0.29) is 5.82 Å². The summed E-state index contributed by atoms with van der Waals surface area (Å²) in [6, 6.07) is 6.49. The predicted octanol–water partition coefficient (Wildman–Crippen LogP) is 3.01. The van der Waals surface area contributed by atoms with Crippen LogP contribution in [0.3, 0.4) is 0 Å². The molecular formula is C10H8FIN2S. The van der Waals surface area contributed by atoms with E-state index in [0.717, 1.165) is 19.1 Å². The van der Waals surface area contributed by atoms with Gasteiger partial charge < -0.3 is 5.73 Å². The molecule has 2 rings (SSSR count). The summed E-state index contributed by atoms with van der Waals surface area (Å²) in [6.07, 6.45) is 0. The molecule has 15 heavy (non-hydrogen) atoms. The van der Waals surface area contributed by atoms with E-state index in [4.69, 9.17) is 5.73 Å². The lowest BCUT2D eigenvalue weighted by atomic mass is 10.1. The van der Waals surface area contributed by atoms with Crippen molar-refractivity contribution in [3.8, 4) is 10.4 Å². The van der Waals surface area contributed by atoms with E-state index in [9.17, 15) is 4.39 Å². The number of aromatic nitrogens is 1. The van der Waals surface area contributed by atoms with Crippen molar-refractivity contribution in [1.29, 1.82) is 0 Å². The van der Waals surface area contributed by atoms with Gasteiger partial charge in [0, 0.05) is 6.54 Å². The van der Waals surface area contributed by atoms with Crippen LogP contribution in [0.1, 0.15) is 5.69 Å². The Morgan fingerprint density at radius 3 is 2.93 bits per heavy atom. The lowest BCUT2D eigenvalue weighted by Gasteiger charge is -1.99. The average Bonchev–Trinajstić information content (AvgIpc) is 2.59. The minimum Gasteiger partial charge on any atom is -0.325 e. The summed E-state index contributed by atoms with van der Waals surface area (Å²) in [5, 5.41) is 0. The zero-order valence-electron chi connectivity index (χ0n) is 7.71. The molecule has 1 aromatic heterocycles. The Kier molecular flexibility index (Phi) is 3.32.